The Kier molecular flexibility index (Phi) is 13.1. The van der Waals surface area contributed by atoms with Gasteiger partial charge in [-0.15, -0.1) is 0 Å². The monoisotopic (exact) mass is 783 g/mol. The van der Waals surface area contributed by atoms with Crippen LogP contribution in [0, 0.1) is 25.2 Å². The van der Waals surface area contributed by atoms with Crippen molar-refractivity contribution in [3.05, 3.63) is 148 Å². The molecule has 4 aromatic carbocycles. The summed E-state index contributed by atoms with van der Waals surface area (Å²) in [5, 5.41) is 23.0. The number of ether oxygens (including phenoxy) is 3. The van der Waals surface area contributed by atoms with E-state index < -0.39 is 0 Å². The molecule has 0 saturated carbocycles. The average Bonchev–Trinajstić information content (AvgIpc) is 3.89. The summed E-state index contributed by atoms with van der Waals surface area (Å²) < 4.78 is 25.0. The number of hydrogen-bond acceptors (Lipinski definition) is 10. The van der Waals surface area contributed by atoms with E-state index in [-0.39, 0.29) is 12.7 Å². The van der Waals surface area contributed by atoms with Gasteiger partial charge in [-0.1, -0.05) is 72.3 Å². The number of oxazole rings is 1. The number of nitrogens with zero attached hydrogens (tertiary/aromatic N) is 4. The lowest BCUT2D eigenvalue weighted by molar-refractivity contribution is 0.173. The molecule has 292 valence electrons. The fourth-order valence-electron chi connectivity index (χ4n) is 7.02. The zero-order valence-electron chi connectivity index (χ0n) is 32.2. The smallest absolute Gasteiger partial charge is 0.208 e. The van der Waals surface area contributed by atoms with Gasteiger partial charge in [0.05, 0.1) is 36.0 Å². The van der Waals surface area contributed by atoms with E-state index in [9.17, 15) is 10.4 Å². The maximum Gasteiger partial charge on any atom is 0.208 e. The lowest BCUT2D eigenvalue weighted by atomic mass is 9.93. The molecule has 0 amide bonds. The van der Waals surface area contributed by atoms with E-state index in [0.29, 0.717) is 60.0 Å². The van der Waals surface area contributed by atoms with E-state index in [4.69, 9.17) is 30.2 Å². The van der Waals surface area contributed by atoms with Crippen molar-refractivity contribution in [3.63, 3.8) is 0 Å². The van der Waals surface area contributed by atoms with Gasteiger partial charge >= 0.3 is 0 Å². The number of nitrogens with one attached hydrogen (secondary N) is 1. The van der Waals surface area contributed by atoms with Gasteiger partial charge in [-0.2, -0.15) is 5.26 Å². The molecule has 1 aliphatic heterocycles. The zero-order chi connectivity index (χ0) is 39.6. The van der Waals surface area contributed by atoms with Crippen molar-refractivity contribution in [1.82, 2.24) is 20.2 Å². The van der Waals surface area contributed by atoms with Crippen LogP contribution in [0.15, 0.2) is 108 Å². The molecule has 0 radical (unpaired) electrons. The Morgan fingerprint density at radius 1 is 0.860 bits per heavy atom. The van der Waals surface area contributed by atoms with Crippen molar-refractivity contribution in [2.45, 2.75) is 59.1 Å². The molecule has 1 aliphatic rings. The van der Waals surface area contributed by atoms with E-state index in [1.807, 2.05) is 60.7 Å². The molecule has 0 bridgehead atoms. The summed E-state index contributed by atoms with van der Waals surface area (Å²) in [6.07, 6.45) is 6.47. The summed E-state index contributed by atoms with van der Waals surface area (Å²) in [6, 6.07) is 29.8. The third kappa shape index (κ3) is 10.2. The number of β-amino-alcohol motifs (C(OH)–C–C–N with tert-alkyl or cyclic N) is 1. The second kappa shape index (κ2) is 19.0. The molecule has 1 saturated heterocycles. The first-order chi connectivity index (χ1) is 27.8. The molecule has 7 rings (SSSR count). The van der Waals surface area contributed by atoms with Gasteiger partial charge in [0.25, 0.3) is 0 Å². The number of hydrogen-bond donors (Lipinski definition) is 2. The first-order valence-electron chi connectivity index (χ1n) is 19.2. The first-order valence-corrected chi connectivity index (χ1v) is 19.6. The predicted molar refractivity (Wildman–Crippen MR) is 220 cm³/mol. The number of aromatic nitrogens is 2. The molecule has 57 heavy (non-hydrogen) atoms. The summed E-state index contributed by atoms with van der Waals surface area (Å²) in [6.45, 7) is 8.73. The van der Waals surface area contributed by atoms with Crippen molar-refractivity contribution in [2.24, 2.45) is 0 Å². The van der Waals surface area contributed by atoms with Crippen LogP contribution in [0.25, 0.3) is 22.5 Å². The van der Waals surface area contributed by atoms with Gasteiger partial charge in [-0.05, 0) is 72.7 Å². The van der Waals surface area contributed by atoms with Gasteiger partial charge < -0.3 is 34.0 Å². The Morgan fingerprint density at radius 2 is 1.67 bits per heavy atom. The Bertz CT molecular complexity index is 2330. The number of halogens is 1. The molecule has 10 nitrogen and oxygen atoms in total. The topological polar surface area (TPSA) is 126 Å². The highest BCUT2D eigenvalue weighted by molar-refractivity contribution is 6.32. The van der Waals surface area contributed by atoms with Gasteiger partial charge in [-0.25, -0.2) is 4.98 Å². The fourth-order valence-corrected chi connectivity index (χ4v) is 7.26. The number of aliphatic hydroxyl groups excluding tert-OH is 1. The molecule has 2 N–H and O–H groups in total. The number of pyridine rings is 1. The minimum Gasteiger partial charge on any atom is -0.493 e. The zero-order valence-corrected chi connectivity index (χ0v) is 33.0. The Hall–Kier alpha value is -5.70. The van der Waals surface area contributed by atoms with Crippen molar-refractivity contribution in [2.75, 3.05) is 26.2 Å². The molecule has 6 aromatic rings. The molecule has 11 heteroatoms. The minimum absolute atomic E-state index is 0.197. The highest BCUT2D eigenvalue weighted by Gasteiger charge is 2.20. The number of nitriles is 1. The average molecular weight is 784 g/mol. The summed E-state index contributed by atoms with van der Waals surface area (Å²) in [4.78, 5) is 10.9. The molecule has 2 aromatic heterocycles. The van der Waals surface area contributed by atoms with Crippen LogP contribution in [0.4, 0.5) is 0 Å². The van der Waals surface area contributed by atoms with Gasteiger partial charge in [0, 0.05) is 61.3 Å². The molecule has 0 spiro atoms. The van der Waals surface area contributed by atoms with Crippen LogP contribution in [0.5, 0.6) is 17.2 Å². The van der Waals surface area contributed by atoms with E-state index in [2.05, 4.69) is 58.3 Å². The molecule has 0 aliphatic carbocycles. The van der Waals surface area contributed by atoms with Crippen LogP contribution in [-0.4, -0.2) is 52.3 Å². The third-order valence-corrected chi connectivity index (χ3v) is 10.5. The minimum atomic E-state index is -0.207. The molecular formula is C46H46ClN5O5. The van der Waals surface area contributed by atoms with E-state index in [1.165, 1.54) is 6.20 Å². The number of likely N-dealkylation sites (tertiary alicyclic amines) is 1. The van der Waals surface area contributed by atoms with Crippen LogP contribution >= 0.6 is 11.6 Å². The van der Waals surface area contributed by atoms with Crippen molar-refractivity contribution in [1.29, 1.82) is 5.26 Å². The summed E-state index contributed by atoms with van der Waals surface area (Å²) in [7, 11) is 0. The molecule has 3 heterocycles. The maximum absolute atomic E-state index is 9.82. The molecule has 1 fully saturated rings. The van der Waals surface area contributed by atoms with Crippen LogP contribution in [0.3, 0.4) is 0 Å². The van der Waals surface area contributed by atoms with Crippen LogP contribution in [0.2, 0.25) is 5.02 Å². The normalized spacial score (nSPS) is 14.1. The number of benzene rings is 4. The second-order valence-electron chi connectivity index (χ2n) is 14.2. The molecule has 1 unspecified atom stereocenters. The summed E-state index contributed by atoms with van der Waals surface area (Å²) in [5.74, 6) is 3.20. The Balaban J connectivity index is 1.04. The Morgan fingerprint density at radius 3 is 2.47 bits per heavy atom. The quantitative estimate of drug-likeness (QED) is 0.0867. The van der Waals surface area contributed by atoms with E-state index >= 15 is 0 Å². The largest absolute Gasteiger partial charge is 0.493 e. The predicted octanol–water partition coefficient (Wildman–Crippen LogP) is 8.83. The van der Waals surface area contributed by atoms with Crippen molar-refractivity contribution < 1.29 is 23.7 Å². The van der Waals surface area contributed by atoms with Gasteiger partial charge in [0.2, 0.25) is 5.89 Å². The summed E-state index contributed by atoms with van der Waals surface area (Å²) >= 11 is 6.88. The molecular weight excluding hydrogens is 738 g/mol. The molecule has 1 atom stereocenters. The van der Waals surface area contributed by atoms with Gasteiger partial charge in [0.15, 0.2) is 5.76 Å². The van der Waals surface area contributed by atoms with Crippen LogP contribution in [0.1, 0.15) is 52.1 Å². The van der Waals surface area contributed by atoms with Crippen molar-refractivity contribution >= 4 is 11.6 Å². The van der Waals surface area contributed by atoms with E-state index in [0.717, 1.165) is 82.7 Å². The second-order valence-corrected chi connectivity index (χ2v) is 14.6. The van der Waals surface area contributed by atoms with E-state index in [1.54, 1.807) is 18.5 Å². The SMILES string of the molecule is Cc1c(COc2cc(OCc3cncc(C#N)c3)c(CNCc3ncc(-c4ccccc4)o3)cc2Cl)cccc1-c1cccc(OCCCN2CCC(O)C2)c1C. The number of rotatable bonds is 17. The van der Waals surface area contributed by atoms with Crippen LogP contribution < -0.4 is 19.5 Å². The highest BCUT2D eigenvalue weighted by atomic mass is 35.5. The number of aliphatic hydroxyl groups is 1. The maximum atomic E-state index is 9.82. The van der Waals surface area contributed by atoms with Crippen LogP contribution in [-0.2, 0) is 26.3 Å². The fraction of sp³-hybridized carbons (Fsp3) is 0.283. The summed E-state index contributed by atoms with van der Waals surface area (Å²) in [5.41, 5.74) is 8.42. The van der Waals surface area contributed by atoms with Gasteiger partial charge in [0.1, 0.15) is 36.5 Å². The third-order valence-electron chi connectivity index (χ3n) is 10.2. The Labute approximate surface area is 338 Å². The first kappa shape index (κ1) is 39.5. The lowest BCUT2D eigenvalue weighted by Gasteiger charge is -2.19. The highest BCUT2D eigenvalue weighted by Crippen LogP contribution is 2.36. The van der Waals surface area contributed by atoms with Crippen molar-refractivity contribution in [3.8, 4) is 45.8 Å². The standard InChI is InChI=1S/C46H46ClN5O5/c1-31-36(11-6-12-39(31)40-13-7-14-42(32(40)2)54-18-8-16-52-17-15-38(53)28-52)30-56-44-21-43(55-29-34-19-33(22-48)23-49-24-34)37(20-41(44)47)25-50-27-46-51-26-45(57-46)35-9-4-3-5-10-35/h3-7,9-14,19-21,23-24,26,38,50,53H,8,15-18,25,27-30H2,1-2H3. The lowest BCUT2D eigenvalue weighted by Crippen LogP contribution is -2.24. The van der Waals surface area contributed by atoms with Gasteiger partial charge in [-0.3, -0.25) is 4.98 Å².